The fourth-order valence-corrected chi connectivity index (χ4v) is 3.84. The molecule has 0 amide bonds. The first-order valence-corrected chi connectivity index (χ1v) is 10.5. The molecule has 1 atom stereocenters. The number of benzene rings is 1. The predicted octanol–water partition coefficient (Wildman–Crippen LogP) is 5.88. The number of hydrogen-bond donors (Lipinski definition) is 1. The lowest BCUT2D eigenvalue weighted by molar-refractivity contribution is 0.648. The topological polar surface area (TPSA) is 37.3 Å². The van der Waals surface area contributed by atoms with E-state index >= 15 is 0 Å². The molecule has 2 aromatic rings. The van der Waals surface area contributed by atoms with Crippen LogP contribution in [0.4, 0.5) is 5.69 Å². The minimum atomic E-state index is -0.235. The van der Waals surface area contributed by atoms with Crippen molar-refractivity contribution < 1.29 is 0 Å². The number of rotatable bonds is 8. The number of pyridine rings is 1. The summed E-state index contributed by atoms with van der Waals surface area (Å²) in [5.74, 6) is 0. The van der Waals surface area contributed by atoms with E-state index < -0.39 is 0 Å². The molecule has 0 aliphatic rings. The highest BCUT2D eigenvalue weighted by molar-refractivity contribution is 6.30. The quantitative estimate of drug-likeness (QED) is 0.515. The first kappa shape index (κ1) is 23.8. The zero-order valence-corrected chi connectivity index (χ0v) is 19.7. The lowest BCUT2D eigenvalue weighted by Crippen LogP contribution is -2.31. The molecule has 0 fully saturated rings. The van der Waals surface area contributed by atoms with Crippen molar-refractivity contribution in [1.82, 2.24) is 9.88 Å². The van der Waals surface area contributed by atoms with Gasteiger partial charge in [0.2, 0.25) is 0 Å². The molecular formula is C24H29Cl2N3O. The molecule has 0 radical (unpaired) electrons. The minimum Gasteiger partial charge on any atom is -0.386 e. The third-order valence-corrected chi connectivity index (χ3v) is 5.40. The number of allylic oxidation sites excluding steroid dienone is 2. The SMILES string of the molecule is C=CC(=C)/C(=C(/C)NC(C)C)C(c1ccc(Cl)cc1)N(C)c1cc(Cl)c(=O)n(C)c1. The molecule has 1 heterocycles. The maximum Gasteiger partial charge on any atom is 0.269 e. The van der Waals surface area contributed by atoms with Crippen LogP contribution in [0.3, 0.4) is 0 Å². The van der Waals surface area contributed by atoms with Crippen molar-refractivity contribution in [3.05, 3.63) is 98.6 Å². The van der Waals surface area contributed by atoms with E-state index in [2.05, 4.69) is 37.2 Å². The summed E-state index contributed by atoms with van der Waals surface area (Å²) in [6.07, 6.45) is 3.53. The van der Waals surface area contributed by atoms with Crippen LogP contribution in [0.5, 0.6) is 0 Å². The number of aromatic nitrogens is 1. The molecule has 0 bridgehead atoms. The van der Waals surface area contributed by atoms with Crippen molar-refractivity contribution in [3.63, 3.8) is 0 Å². The second-order valence-electron chi connectivity index (χ2n) is 7.59. The molecule has 1 N–H and O–H groups in total. The summed E-state index contributed by atoms with van der Waals surface area (Å²) in [6.45, 7) is 14.4. The predicted molar refractivity (Wildman–Crippen MR) is 130 cm³/mol. The second-order valence-corrected chi connectivity index (χ2v) is 8.44. The van der Waals surface area contributed by atoms with Gasteiger partial charge in [0, 0.05) is 42.6 Å². The van der Waals surface area contributed by atoms with Gasteiger partial charge in [0.15, 0.2) is 0 Å². The second kappa shape index (κ2) is 10.1. The van der Waals surface area contributed by atoms with Crippen molar-refractivity contribution in [1.29, 1.82) is 0 Å². The Hall–Kier alpha value is -2.43. The van der Waals surface area contributed by atoms with E-state index in [1.54, 1.807) is 25.4 Å². The number of halogens is 2. The summed E-state index contributed by atoms with van der Waals surface area (Å²) in [4.78, 5) is 14.2. The van der Waals surface area contributed by atoms with Crippen LogP contribution >= 0.6 is 23.2 Å². The van der Waals surface area contributed by atoms with Crippen LogP contribution in [-0.4, -0.2) is 17.7 Å². The molecular weight excluding hydrogens is 417 g/mol. The van der Waals surface area contributed by atoms with Gasteiger partial charge in [-0.2, -0.15) is 0 Å². The molecule has 1 aromatic carbocycles. The Bertz CT molecular complexity index is 993. The first-order valence-electron chi connectivity index (χ1n) is 9.70. The van der Waals surface area contributed by atoms with Gasteiger partial charge in [-0.1, -0.05) is 54.6 Å². The zero-order chi connectivity index (χ0) is 22.6. The zero-order valence-electron chi connectivity index (χ0n) is 18.2. The van der Waals surface area contributed by atoms with E-state index in [4.69, 9.17) is 23.2 Å². The van der Waals surface area contributed by atoms with Crippen LogP contribution in [0.2, 0.25) is 10.0 Å². The van der Waals surface area contributed by atoms with Crippen molar-refractivity contribution in [3.8, 4) is 0 Å². The van der Waals surface area contributed by atoms with Gasteiger partial charge in [-0.3, -0.25) is 4.79 Å². The summed E-state index contributed by atoms with van der Waals surface area (Å²) in [5.41, 5.74) is 4.39. The number of aryl methyl sites for hydroxylation is 1. The van der Waals surface area contributed by atoms with Crippen LogP contribution in [0.1, 0.15) is 32.4 Å². The van der Waals surface area contributed by atoms with Crippen LogP contribution < -0.4 is 15.8 Å². The summed E-state index contributed by atoms with van der Waals surface area (Å²) < 4.78 is 1.48. The van der Waals surface area contributed by atoms with E-state index in [-0.39, 0.29) is 22.7 Å². The first-order chi connectivity index (χ1) is 14.1. The molecule has 0 aliphatic heterocycles. The third-order valence-electron chi connectivity index (χ3n) is 4.88. The molecule has 4 nitrogen and oxygen atoms in total. The Kier molecular flexibility index (Phi) is 7.99. The number of nitrogens with zero attached hydrogens (tertiary/aromatic N) is 2. The largest absolute Gasteiger partial charge is 0.386 e. The molecule has 0 saturated carbocycles. The van der Waals surface area contributed by atoms with E-state index in [0.717, 1.165) is 28.1 Å². The highest BCUT2D eigenvalue weighted by Gasteiger charge is 2.26. The third kappa shape index (κ3) is 5.38. The lowest BCUT2D eigenvalue weighted by atomic mass is 9.90. The normalized spacial score (nSPS) is 12.9. The Morgan fingerprint density at radius 1 is 1.23 bits per heavy atom. The van der Waals surface area contributed by atoms with Crippen molar-refractivity contribution >= 4 is 28.9 Å². The summed E-state index contributed by atoms with van der Waals surface area (Å²) in [6, 6.07) is 9.44. The van der Waals surface area contributed by atoms with E-state index in [9.17, 15) is 4.79 Å². The van der Waals surface area contributed by atoms with E-state index in [0.29, 0.717) is 5.02 Å². The van der Waals surface area contributed by atoms with Crippen LogP contribution in [0, 0.1) is 0 Å². The van der Waals surface area contributed by atoms with Gasteiger partial charge in [-0.15, -0.1) is 0 Å². The molecule has 160 valence electrons. The highest BCUT2D eigenvalue weighted by Crippen LogP contribution is 2.37. The molecule has 0 aliphatic carbocycles. The number of likely N-dealkylation sites (N-methyl/N-ethyl adjacent to an activating group) is 1. The fraction of sp³-hybridized carbons (Fsp3) is 0.292. The molecule has 6 heteroatoms. The lowest BCUT2D eigenvalue weighted by Gasteiger charge is -2.35. The average molecular weight is 446 g/mol. The van der Waals surface area contributed by atoms with E-state index in [1.165, 1.54) is 4.57 Å². The van der Waals surface area contributed by atoms with Gasteiger partial charge >= 0.3 is 0 Å². The van der Waals surface area contributed by atoms with Crippen LogP contribution in [0.25, 0.3) is 0 Å². The summed E-state index contributed by atoms with van der Waals surface area (Å²) in [5, 5.41) is 4.33. The van der Waals surface area contributed by atoms with Gasteiger partial charge in [0.05, 0.1) is 11.7 Å². The monoisotopic (exact) mass is 445 g/mol. The Morgan fingerprint density at radius 3 is 2.33 bits per heavy atom. The van der Waals surface area contributed by atoms with E-state index in [1.807, 2.05) is 38.2 Å². The smallest absolute Gasteiger partial charge is 0.269 e. The fourth-order valence-electron chi connectivity index (χ4n) is 3.47. The van der Waals surface area contributed by atoms with Gasteiger partial charge in [-0.25, -0.2) is 0 Å². The molecule has 0 spiro atoms. The number of hydrogen-bond acceptors (Lipinski definition) is 3. The molecule has 30 heavy (non-hydrogen) atoms. The molecule has 0 saturated heterocycles. The Balaban J connectivity index is 2.76. The highest BCUT2D eigenvalue weighted by atomic mass is 35.5. The molecule has 1 aromatic heterocycles. The van der Waals surface area contributed by atoms with Gasteiger partial charge in [-0.05, 0) is 50.1 Å². The van der Waals surface area contributed by atoms with Crippen molar-refractivity contribution in [2.24, 2.45) is 7.05 Å². The number of anilines is 1. The standard InChI is InChI=1S/C24H29Cl2N3O/c1-8-16(4)22(17(5)27-15(2)3)23(18-9-11-19(25)12-10-18)29(7)20-13-21(26)24(30)28(6)14-20/h8-15,23,27H,1,4H2,2-3,5-7H3/b22-17+. The average Bonchev–Trinajstić information content (AvgIpc) is 2.69. The maximum absolute atomic E-state index is 12.1. The van der Waals surface area contributed by atoms with Crippen LogP contribution in [0.15, 0.2) is 77.4 Å². The maximum atomic E-state index is 12.1. The Morgan fingerprint density at radius 2 is 1.83 bits per heavy atom. The van der Waals surface area contributed by atoms with Gasteiger partial charge in [0.1, 0.15) is 5.02 Å². The number of nitrogens with one attached hydrogen (secondary N) is 1. The van der Waals surface area contributed by atoms with Gasteiger partial charge < -0.3 is 14.8 Å². The summed E-state index contributed by atoms with van der Waals surface area (Å²) >= 11 is 12.3. The molecule has 1 unspecified atom stereocenters. The summed E-state index contributed by atoms with van der Waals surface area (Å²) in [7, 11) is 3.66. The molecule has 2 rings (SSSR count). The minimum absolute atomic E-state index is 0.168. The Labute approximate surface area is 189 Å². The van der Waals surface area contributed by atoms with Gasteiger partial charge in [0.25, 0.3) is 5.56 Å². The van der Waals surface area contributed by atoms with Crippen LogP contribution in [-0.2, 0) is 7.05 Å². The van der Waals surface area contributed by atoms with Crippen molar-refractivity contribution in [2.75, 3.05) is 11.9 Å². The van der Waals surface area contributed by atoms with Crippen molar-refractivity contribution in [2.45, 2.75) is 32.9 Å².